The van der Waals surface area contributed by atoms with Crippen LogP contribution in [0.5, 0.6) is 0 Å². The molecule has 0 unspecified atom stereocenters. The zero-order valence-electron chi connectivity index (χ0n) is 16.6. The predicted molar refractivity (Wildman–Crippen MR) is 100.0 cm³/mol. The summed E-state index contributed by atoms with van der Waals surface area (Å²) in [5.74, 6) is -4.76. The molecular formula is C19H19F3N4O6. The molecule has 0 amide bonds. The van der Waals surface area contributed by atoms with E-state index in [9.17, 15) is 28.2 Å². The standard InChI is InChI=1S/C19H19F3N4O6/c1-30-18-13(4-9-5-23-19(29)31-9)32-14(7-27)17(28)16(18)26-6-12(24-25-26)8-2-10(20)15(22)11(21)3-8/h2-3,5-6,13-14,16-18,27-28H,4,7H2,1H3,(H,23,29)/t13-,14-,16+,17+,18+/m1/s1. The number of H-pyrrole nitrogens is 1. The maximum Gasteiger partial charge on any atom is 0.416 e. The van der Waals surface area contributed by atoms with Crippen molar-refractivity contribution in [1.82, 2.24) is 20.0 Å². The Morgan fingerprint density at radius 1 is 1.25 bits per heavy atom. The number of oxazole rings is 1. The number of benzene rings is 1. The molecule has 3 aromatic rings. The molecule has 0 spiro atoms. The van der Waals surface area contributed by atoms with E-state index in [0.717, 1.165) is 12.1 Å². The Morgan fingerprint density at radius 3 is 2.56 bits per heavy atom. The molecule has 0 bridgehead atoms. The van der Waals surface area contributed by atoms with Gasteiger partial charge < -0.3 is 24.1 Å². The highest BCUT2D eigenvalue weighted by Crippen LogP contribution is 2.34. The van der Waals surface area contributed by atoms with E-state index in [1.165, 1.54) is 24.2 Å². The molecule has 5 atom stereocenters. The molecule has 4 rings (SSSR count). The first kappa shape index (κ1) is 22.2. The second kappa shape index (κ2) is 8.86. The summed E-state index contributed by atoms with van der Waals surface area (Å²) in [7, 11) is 1.37. The minimum absolute atomic E-state index is 0.0186. The zero-order chi connectivity index (χ0) is 23.0. The summed E-state index contributed by atoms with van der Waals surface area (Å²) >= 11 is 0. The highest BCUT2D eigenvalue weighted by molar-refractivity contribution is 5.57. The fraction of sp³-hybridized carbons (Fsp3) is 0.421. The smallest absolute Gasteiger partial charge is 0.413 e. The maximum atomic E-state index is 13.6. The van der Waals surface area contributed by atoms with Crippen molar-refractivity contribution in [3.05, 3.63) is 58.3 Å². The molecule has 1 aliphatic rings. The quantitative estimate of drug-likeness (QED) is 0.458. The van der Waals surface area contributed by atoms with Gasteiger partial charge in [0.15, 0.2) is 17.5 Å². The summed E-state index contributed by atoms with van der Waals surface area (Å²) < 4.78 is 58.0. The van der Waals surface area contributed by atoms with Crippen molar-refractivity contribution < 1.29 is 37.3 Å². The lowest BCUT2D eigenvalue weighted by Gasteiger charge is -2.43. The Morgan fingerprint density at radius 2 is 1.97 bits per heavy atom. The normalized spacial score (nSPS) is 25.9. The molecule has 32 heavy (non-hydrogen) atoms. The molecule has 13 heteroatoms. The van der Waals surface area contributed by atoms with Crippen LogP contribution in [0.3, 0.4) is 0 Å². The van der Waals surface area contributed by atoms with E-state index in [-0.39, 0.29) is 23.4 Å². The summed E-state index contributed by atoms with van der Waals surface area (Å²) in [4.78, 5) is 13.6. The summed E-state index contributed by atoms with van der Waals surface area (Å²) in [6.07, 6.45) is -1.20. The molecule has 0 radical (unpaired) electrons. The van der Waals surface area contributed by atoms with Crippen molar-refractivity contribution in [2.24, 2.45) is 0 Å². The molecule has 1 saturated heterocycles. The molecule has 3 N–H and O–H groups in total. The van der Waals surface area contributed by atoms with E-state index in [2.05, 4.69) is 15.3 Å². The van der Waals surface area contributed by atoms with E-state index < -0.39 is 60.3 Å². The number of rotatable bonds is 6. The third-order valence-corrected chi connectivity index (χ3v) is 5.31. The monoisotopic (exact) mass is 456 g/mol. The van der Waals surface area contributed by atoms with Crippen LogP contribution in [-0.4, -0.2) is 68.3 Å². The molecule has 1 aliphatic heterocycles. The summed E-state index contributed by atoms with van der Waals surface area (Å²) in [6, 6.07) is 0.612. The average molecular weight is 456 g/mol. The molecule has 10 nitrogen and oxygen atoms in total. The van der Waals surface area contributed by atoms with Gasteiger partial charge in [-0.3, -0.25) is 4.98 Å². The van der Waals surface area contributed by atoms with Gasteiger partial charge in [0.1, 0.15) is 35.8 Å². The third kappa shape index (κ3) is 4.07. The Balaban J connectivity index is 1.67. The number of methoxy groups -OCH3 is 1. The largest absolute Gasteiger partial charge is 0.416 e. The summed E-state index contributed by atoms with van der Waals surface area (Å²) in [5.41, 5.74) is -0.0439. The van der Waals surface area contributed by atoms with Crippen LogP contribution in [0.1, 0.15) is 11.8 Å². The van der Waals surface area contributed by atoms with Gasteiger partial charge in [-0.2, -0.15) is 0 Å². The average Bonchev–Trinajstić information content (AvgIpc) is 3.41. The highest BCUT2D eigenvalue weighted by atomic mass is 19.2. The first-order valence-corrected chi connectivity index (χ1v) is 9.53. The number of nitrogens with one attached hydrogen (secondary N) is 1. The Labute approximate surface area is 178 Å². The highest BCUT2D eigenvalue weighted by Gasteiger charge is 2.47. The summed E-state index contributed by atoms with van der Waals surface area (Å²) in [6.45, 7) is -0.530. The number of halogens is 3. The van der Waals surface area contributed by atoms with Gasteiger partial charge in [-0.25, -0.2) is 22.6 Å². The maximum absolute atomic E-state index is 13.6. The Kier molecular flexibility index (Phi) is 6.15. The number of aliphatic hydroxyl groups excluding tert-OH is 2. The molecule has 0 aliphatic carbocycles. The van der Waals surface area contributed by atoms with Gasteiger partial charge in [0.05, 0.1) is 18.9 Å². The fourth-order valence-electron chi connectivity index (χ4n) is 3.80. The van der Waals surface area contributed by atoms with Gasteiger partial charge in [-0.1, -0.05) is 5.21 Å². The van der Waals surface area contributed by atoms with Gasteiger partial charge in [0.25, 0.3) is 0 Å². The topological polar surface area (TPSA) is 136 Å². The minimum atomic E-state index is -1.61. The molecular weight excluding hydrogens is 437 g/mol. The summed E-state index contributed by atoms with van der Waals surface area (Å²) in [5, 5.41) is 28.2. The Hall–Kier alpha value is -3.00. The van der Waals surface area contributed by atoms with Gasteiger partial charge in [-0.15, -0.1) is 5.10 Å². The van der Waals surface area contributed by atoms with Crippen LogP contribution >= 0.6 is 0 Å². The number of nitrogens with zero attached hydrogens (tertiary/aromatic N) is 3. The second-order valence-corrected chi connectivity index (χ2v) is 7.26. The van der Waals surface area contributed by atoms with Crippen molar-refractivity contribution in [2.45, 2.75) is 36.9 Å². The number of aromatic nitrogens is 4. The lowest BCUT2D eigenvalue weighted by Crippen LogP contribution is -2.57. The first-order valence-electron chi connectivity index (χ1n) is 9.53. The van der Waals surface area contributed by atoms with E-state index >= 15 is 0 Å². The second-order valence-electron chi connectivity index (χ2n) is 7.26. The molecule has 3 heterocycles. The van der Waals surface area contributed by atoms with E-state index in [1.807, 2.05) is 0 Å². The van der Waals surface area contributed by atoms with Crippen LogP contribution in [0, 0.1) is 17.5 Å². The van der Waals surface area contributed by atoms with Crippen molar-refractivity contribution in [2.75, 3.05) is 13.7 Å². The van der Waals surface area contributed by atoms with Crippen LogP contribution in [0.2, 0.25) is 0 Å². The zero-order valence-corrected chi connectivity index (χ0v) is 16.6. The minimum Gasteiger partial charge on any atom is -0.413 e. The molecule has 1 fully saturated rings. The van der Waals surface area contributed by atoms with Crippen molar-refractivity contribution in [3.8, 4) is 11.3 Å². The number of aromatic amines is 1. The molecule has 172 valence electrons. The van der Waals surface area contributed by atoms with Gasteiger partial charge in [0, 0.05) is 25.3 Å². The van der Waals surface area contributed by atoms with Crippen molar-refractivity contribution in [1.29, 1.82) is 0 Å². The van der Waals surface area contributed by atoms with Crippen LogP contribution in [0.4, 0.5) is 13.2 Å². The van der Waals surface area contributed by atoms with Crippen LogP contribution in [0.25, 0.3) is 11.3 Å². The van der Waals surface area contributed by atoms with Gasteiger partial charge >= 0.3 is 5.76 Å². The third-order valence-electron chi connectivity index (χ3n) is 5.31. The number of ether oxygens (including phenoxy) is 2. The van der Waals surface area contributed by atoms with Crippen molar-refractivity contribution >= 4 is 0 Å². The predicted octanol–water partition coefficient (Wildman–Crippen LogP) is 0.563. The lowest BCUT2D eigenvalue weighted by molar-refractivity contribution is -0.212. The van der Waals surface area contributed by atoms with Crippen LogP contribution in [0.15, 0.2) is 33.7 Å². The van der Waals surface area contributed by atoms with Crippen LogP contribution in [-0.2, 0) is 15.9 Å². The first-order chi connectivity index (χ1) is 15.3. The number of aliphatic hydroxyl groups is 2. The Bertz CT molecular complexity index is 1130. The fourth-order valence-corrected chi connectivity index (χ4v) is 3.80. The SMILES string of the molecule is CO[C@@H]1[C@@H](n2cc(-c3cc(F)c(F)c(F)c3)nn2)[C@@H](O)[C@@H](CO)O[C@@H]1Cc1c[nH]c(=O)o1. The number of hydrogen-bond acceptors (Lipinski definition) is 8. The number of hydrogen-bond donors (Lipinski definition) is 3. The van der Waals surface area contributed by atoms with E-state index in [0.29, 0.717) is 0 Å². The molecule has 0 saturated carbocycles. The van der Waals surface area contributed by atoms with Crippen LogP contribution < -0.4 is 5.76 Å². The van der Waals surface area contributed by atoms with E-state index in [1.54, 1.807) is 0 Å². The van der Waals surface area contributed by atoms with E-state index in [4.69, 9.17) is 13.9 Å². The molecule has 1 aromatic carbocycles. The van der Waals surface area contributed by atoms with Gasteiger partial charge in [0.2, 0.25) is 0 Å². The van der Waals surface area contributed by atoms with Gasteiger partial charge in [-0.05, 0) is 12.1 Å². The lowest BCUT2D eigenvalue weighted by atomic mass is 9.90. The van der Waals surface area contributed by atoms with Crippen molar-refractivity contribution in [3.63, 3.8) is 0 Å². The molecule has 2 aromatic heterocycles.